The SMILES string of the molecule is COC1=CC=C(C2CCC(O)C2)CCC1. The molecule has 0 amide bonds. The second kappa shape index (κ2) is 4.84. The van der Waals surface area contributed by atoms with Gasteiger partial charge < -0.3 is 9.84 Å². The van der Waals surface area contributed by atoms with E-state index in [2.05, 4.69) is 12.2 Å². The fourth-order valence-corrected chi connectivity index (χ4v) is 2.64. The maximum Gasteiger partial charge on any atom is 0.0955 e. The van der Waals surface area contributed by atoms with Gasteiger partial charge in [0.25, 0.3) is 0 Å². The Morgan fingerprint density at radius 2 is 2.13 bits per heavy atom. The molecule has 0 aromatic carbocycles. The Kier molecular flexibility index (Phi) is 3.47. The van der Waals surface area contributed by atoms with Crippen molar-refractivity contribution >= 4 is 0 Å². The number of aliphatic hydroxyl groups is 1. The molecule has 15 heavy (non-hydrogen) atoms. The first-order chi connectivity index (χ1) is 7.29. The molecule has 0 aliphatic heterocycles. The van der Waals surface area contributed by atoms with E-state index in [1.807, 2.05) is 0 Å². The highest BCUT2D eigenvalue weighted by molar-refractivity contribution is 5.21. The van der Waals surface area contributed by atoms with Gasteiger partial charge in [-0.3, -0.25) is 0 Å². The monoisotopic (exact) mass is 208 g/mol. The molecule has 84 valence electrons. The van der Waals surface area contributed by atoms with Crippen LogP contribution in [0.4, 0.5) is 0 Å². The highest BCUT2D eigenvalue weighted by Gasteiger charge is 2.25. The number of aliphatic hydroxyl groups excluding tert-OH is 1. The van der Waals surface area contributed by atoms with Gasteiger partial charge in [0.15, 0.2) is 0 Å². The van der Waals surface area contributed by atoms with Gasteiger partial charge in [-0.1, -0.05) is 11.6 Å². The maximum absolute atomic E-state index is 9.53. The molecule has 2 unspecified atom stereocenters. The summed E-state index contributed by atoms with van der Waals surface area (Å²) < 4.78 is 5.27. The van der Waals surface area contributed by atoms with Crippen LogP contribution in [0.3, 0.4) is 0 Å². The lowest BCUT2D eigenvalue weighted by atomic mass is 9.93. The Morgan fingerprint density at radius 1 is 1.27 bits per heavy atom. The predicted octanol–water partition coefficient (Wildman–Crippen LogP) is 2.79. The van der Waals surface area contributed by atoms with Gasteiger partial charge in [0.2, 0.25) is 0 Å². The molecular weight excluding hydrogens is 188 g/mol. The van der Waals surface area contributed by atoms with Crippen molar-refractivity contribution in [3.8, 4) is 0 Å². The highest BCUT2D eigenvalue weighted by Crippen LogP contribution is 2.35. The lowest BCUT2D eigenvalue weighted by Gasteiger charge is -2.12. The fraction of sp³-hybridized carbons (Fsp3) is 0.692. The van der Waals surface area contributed by atoms with E-state index >= 15 is 0 Å². The minimum absolute atomic E-state index is 0.0648. The minimum Gasteiger partial charge on any atom is -0.501 e. The molecule has 0 radical (unpaired) electrons. The molecular formula is C13H20O2. The number of ether oxygens (including phenoxy) is 1. The summed E-state index contributed by atoms with van der Waals surface area (Å²) in [4.78, 5) is 0. The van der Waals surface area contributed by atoms with Crippen molar-refractivity contribution in [2.24, 2.45) is 5.92 Å². The minimum atomic E-state index is -0.0648. The van der Waals surface area contributed by atoms with Gasteiger partial charge in [-0.05, 0) is 44.1 Å². The standard InChI is InChI=1S/C13H20O2/c1-15-13-4-2-3-10(6-8-13)11-5-7-12(14)9-11/h6,8,11-12,14H,2-5,7,9H2,1H3. The summed E-state index contributed by atoms with van der Waals surface area (Å²) in [5.74, 6) is 1.70. The lowest BCUT2D eigenvalue weighted by Crippen LogP contribution is -2.02. The maximum atomic E-state index is 9.53. The van der Waals surface area contributed by atoms with E-state index in [-0.39, 0.29) is 6.10 Å². The zero-order valence-electron chi connectivity index (χ0n) is 9.41. The van der Waals surface area contributed by atoms with Crippen molar-refractivity contribution in [1.29, 1.82) is 0 Å². The summed E-state index contributed by atoms with van der Waals surface area (Å²) in [7, 11) is 1.74. The van der Waals surface area contributed by atoms with E-state index in [1.165, 1.54) is 18.4 Å². The summed E-state index contributed by atoms with van der Waals surface area (Å²) >= 11 is 0. The molecule has 2 rings (SSSR count). The van der Waals surface area contributed by atoms with Crippen molar-refractivity contribution in [1.82, 2.24) is 0 Å². The topological polar surface area (TPSA) is 29.5 Å². The number of methoxy groups -OCH3 is 1. The smallest absolute Gasteiger partial charge is 0.0955 e. The van der Waals surface area contributed by atoms with Gasteiger partial charge in [0, 0.05) is 6.42 Å². The van der Waals surface area contributed by atoms with E-state index in [1.54, 1.807) is 7.11 Å². The van der Waals surface area contributed by atoms with E-state index in [0.717, 1.165) is 31.4 Å². The van der Waals surface area contributed by atoms with Crippen LogP contribution in [-0.4, -0.2) is 18.3 Å². The zero-order valence-corrected chi connectivity index (χ0v) is 9.41. The molecule has 1 fully saturated rings. The third kappa shape index (κ3) is 2.63. The van der Waals surface area contributed by atoms with Gasteiger partial charge in [0.1, 0.15) is 0 Å². The molecule has 0 heterocycles. The van der Waals surface area contributed by atoms with E-state index in [0.29, 0.717) is 5.92 Å². The molecule has 0 aromatic rings. The number of rotatable bonds is 2. The van der Waals surface area contributed by atoms with Crippen LogP contribution in [0.2, 0.25) is 0 Å². The van der Waals surface area contributed by atoms with Gasteiger partial charge in [-0.15, -0.1) is 0 Å². The second-order valence-electron chi connectivity index (χ2n) is 4.60. The number of allylic oxidation sites excluding steroid dienone is 4. The van der Waals surface area contributed by atoms with Gasteiger partial charge in [-0.2, -0.15) is 0 Å². The first-order valence-corrected chi connectivity index (χ1v) is 5.91. The van der Waals surface area contributed by atoms with Crippen molar-refractivity contribution in [3.05, 3.63) is 23.5 Å². The number of hydrogen-bond acceptors (Lipinski definition) is 2. The van der Waals surface area contributed by atoms with Crippen molar-refractivity contribution < 1.29 is 9.84 Å². The summed E-state index contributed by atoms with van der Waals surface area (Å²) in [5, 5.41) is 9.53. The molecule has 0 aromatic heterocycles. The quantitative estimate of drug-likeness (QED) is 0.756. The van der Waals surface area contributed by atoms with Crippen molar-refractivity contribution in [2.75, 3.05) is 7.11 Å². The predicted molar refractivity (Wildman–Crippen MR) is 60.4 cm³/mol. The summed E-state index contributed by atoms with van der Waals surface area (Å²) in [6, 6.07) is 0. The third-order valence-electron chi connectivity index (χ3n) is 3.56. The molecule has 2 atom stereocenters. The first kappa shape index (κ1) is 10.7. The summed E-state index contributed by atoms with van der Waals surface area (Å²) in [6.07, 6.45) is 10.7. The Balaban J connectivity index is 2.02. The molecule has 1 saturated carbocycles. The Morgan fingerprint density at radius 3 is 2.80 bits per heavy atom. The van der Waals surface area contributed by atoms with Crippen LogP contribution in [0, 0.1) is 5.92 Å². The molecule has 0 saturated heterocycles. The van der Waals surface area contributed by atoms with Crippen LogP contribution in [-0.2, 0) is 4.74 Å². The van der Waals surface area contributed by atoms with Crippen LogP contribution in [0.15, 0.2) is 23.5 Å². The van der Waals surface area contributed by atoms with Crippen molar-refractivity contribution in [2.45, 2.75) is 44.6 Å². The van der Waals surface area contributed by atoms with Crippen LogP contribution >= 0.6 is 0 Å². The highest BCUT2D eigenvalue weighted by atomic mass is 16.5. The third-order valence-corrected chi connectivity index (χ3v) is 3.56. The Bertz CT molecular complexity index is 278. The van der Waals surface area contributed by atoms with Gasteiger partial charge in [-0.25, -0.2) is 0 Å². The average molecular weight is 208 g/mol. The normalized spacial score (nSPS) is 31.9. The largest absolute Gasteiger partial charge is 0.501 e. The van der Waals surface area contributed by atoms with E-state index in [9.17, 15) is 5.11 Å². The molecule has 0 spiro atoms. The molecule has 1 N–H and O–H groups in total. The lowest BCUT2D eigenvalue weighted by molar-refractivity contribution is 0.179. The number of hydrogen-bond donors (Lipinski definition) is 1. The Hall–Kier alpha value is -0.760. The van der Waals surface area contributed by atoms with Crippen LogP contribution in [0.25, 0.3) is 0 Å². The Labute approximate surface area is 91.6 Å². The molecule has 2 nitrogen and oxygen atoms in total. The summed E-state index contributed by atoms with van der Waals surface area (Å²) in [6.45, 7) is 0. The summed E-state index contributed by atoms with van der Waals surface area (Å²) in [5.41, 5.74) is 1.51. The van der Waals surface area contributed by atoms with Crippen LogP contribution in [0.1, 0.15) is 38.5 Å². The van der Waals surface area contributed by atoms with Crippen LogP contribution < -0.4 is 0 Å². The average Bonchev–Trinajstić information content (AvgIpc) is 2.54. The fourth-order valence-electron chi connectivity index (χ4n) is 2.64. The van der Waals surface area contributed by atoms with E-state index < -0.39 is 0 Å². The molecule has 2 aliphatic rings. The van der Waals surface area contributed by atoms with Crippen molar-refractivity contribution in [3.63, 3.8) is 0 Å². The molecule has 0 bridgehead atoms. The van der Waals surface area contributed by atoms with Crippen LogP contribution in [0.5, 0.6) is 0 Å². The van der Waals surface area contributed by atoms with E-state index in [4.69, 9.17) is 4.74 Å². The van der Waals surface area contributed by atoms with Gasteiger partial charge in [0.05, 0.1) is 19.0 Å². The molecule has 2 aliphatic carbocycles. The molecule has 2 heteroatoms. The first-order valence-electron chi connectivity index (χ1n) is 5.91. The van der Waals surface area contributed by atoms with Gasteiger partial charge >= 0.3 is 0 Å². The zero-order chi connectivity index (χ0) is 10.7. The second-order valence-corrected chi connectivity index (χ2v) is 4.60.